The van der Waals surface area contributed by atoms with E-state index >= 15 is 0 Å². The number of hydrogen-bond acceptors (Lipinski definition) is 7. The Morgan fingerprint density at radius 2 is 2.16 bits per heavy atom. The minimum Gasteiger partial charge on any atom is -0.382 e. The fraction of sp³-hybridized carbons (Fsp3) is 0.455. The molecule has 0 radical (unpaired) electrons. The van der Waals surface area contributed by atoms with Crippen LogP contribution in [0.15, 0.2) is 6.33 Å². The van der Waals surface area contributed by atoms with E-state index in [1.807, 2.05) is 0 Å². The summed E-state index contributed by atoms with van der Waals surface area (Å²) in [7, 11) is 0. The topological polar surface area (TPSA) is 122 Å². The van der Waals surface area contributed by atoms with E-state index in [1.54, 1.807) is 0 Å². The molecule has 0 spiro atoms. The molecule has 0 aliphatic carbocycles. The zero-order chi connectivity index (χ0) is 13.8. The van der Waals surface area contributed by atoms with Gasteiger partial charge in [-0.05, 0) is 6.42 Å². The molecule has 0 bridgehead atoms. The van der Waals surface area contributed by atoms with E-state index in [0.29, 0.717) is 11.9 Å². The maximum absolute atomic E-state index is 11.6. The largest absolute Gasteiger partial charge is 0.382 e. The number of nitrogen functional groups attached to an aromatic ring is 2. The van der Waals surface area contributed by atoms with Crippen LogP contribution in [0.3, 0.4) is 0 Å². The first-order chi connectivity index (χ1) is 9.11. The summed E-state index contributed by atoms with van der Waals surface area (Å²) in [6.45, 7) is 2.07. The number of anilines is 2. The van der Waals surface area contributed by atoms with Gasteiger partial charge in [0.2, 0.25) is 11.6 Å². The lowest BCUT2D eigenvalue weighted by Crippen LogP contribution is -2.19. The lowest BCUT2D eigenvalue weighted by atomic mass is 10.2. The number of rotatable bonds is 5. The van der Waals surface area contributed by atoms with Crippen LogP contribution in [-0.2, 0) is 4.79 Å². The minimum absolute atomic E-state index is 0.00813. The summed E-state index contributed by atoms with van der Waals surface area (Å²) in [5, 5.41) is 0. The molecule has 0 aliphatic rings. The second kappa shape index (κ2) is 5.51. The van der Waals surface area contributed by atoms with Crippen molar-refractivity contribution in [1.82, 2.24) is 19.7 Å². The Morgan fingerprint density at radius 1 is 1.37 bits per heavy atom. The predicted molar refractivity (Wildman–Crippen MR) is 69.9 cm³/mol. The van der Waals surface area contributed by atoms with E-state index in [-0.39, 0.29) is 23.4 Å². The third kappa shape index (κ3) is 2.90. The highest BCUT2D eigenvalue weighted by molar-refractivity contribution is 5.83. The zero-order valence-corrected chi connectivity index (χ0v) is 10.7. The Bertz CT molecular complexity index is 594. The molecule has 0 atom stereocenters. The molecule has 0 amide bonds. The summed E-state index contributed by atoms with van der Waals surface area (Å²) >= 11 is 0. The third-order valence-corrected chi connectivity index (χ3v) is 2.59. The number of nitrogens with two attached hydrogens (primary N) is 2. The fourth-order valence-corrected chi connectivity index (χ4v) is 1.66. The lowest BCUT2D eigenvalue weighted by Gasteiger charge is -2.04. The molecule has 0 unspecified atom stereocenters. The molecule has 2 aromatic heterocycles. The van der Waals surface area contributed by atoms with Gasteiger partial charge in [0, 0.05) is 6.42 Å². The normalized spacial score (nSPS) is 10.8. The van der Waals surface area contributed by atoms with Gasteiger partial charge in [0.1, 0.15) is 6.33 Å². The molecule has 19 heavy (non-hydrogen) atoms. The van der Waals surface area contributed by atoms with Crippen molar-refractivity contribution >= 4 is 28.9 Å². The molecule has 8 nitrogen and oxygen atoms in total. The monoisotopic (exact) mass is 264 g/mol. The molecule has 0 saturated heterocycles. The summed E-state index contributed by atoms with van der Waals surface area (Å²) < 4.78 is 1.16. The molecule has 8 heteroatoms. The second-order valence-corrected chi connectivity index (χ2v) is 4.13. The smallest absolute Gasteiger partial charge is 0.333 e. The van der Waals surface area contributed by atoms with Gasteiger partial charge in [-0.15, -0.1) is 4.73 Å². The summed E-state index contributed by atoms with van der Waals surface area (Å²) in [4.78, 5) is 28.5. The van der Waals surface area contributed by atoms with Crippen molar-refractivity contribution in [2.45, 2.75) is 32.6 Å². The first-order valence-electron chi connectivity index (χ1n) is 6.09. The van der Waals surface area contributed by atoms with Gasteiger partial charge in [-0.3, -0.25) is 0 Å². The first-order valence-corrected chi connectivity index (χ1v) is 6.09. The molecule has 0 aromatic carbocycles. The Morgan fingerprint density at radius 3 is 2.89 bits per heavy atom. The van der Waals surface area contributed by atoms with Gasteiger partial charge in [0.15, 0.2) is 11.3 Å². The highest BCUT2D eigenvalue weighted by Crippen LogP contribution is 2.16. The van der Waals surface area contributed by atoms with Crippen molar-refractivity contribution in [3.05, 3.63) is 6.33 Å². The molecule has 0 aliphatic heterocycles. The van der Waals surface area contributed by atoms with Crippen LogP contribution in [-0.4, -0.2) is 25.7 Å². The number of carbonyl (C=O) groups is 1. The van der Waals surface area contributed by atoms with Gasteiger partial charge < -0.3 is 16.3 Å². The molecule has 2 rings (SSSR count). The highest BCUT2D eigenvalue weighted by Gasteiger charge is 2.13. The Balaban J connectivity index is 2.15. The molecule has 4 N–H and O–H groups in total. The van der Waals surface area contributed by atoms with E-state index in [0.717, 1.165) is 24.0 Å². The van der Waals surface area contributed by atoms with E-state index in [4.69, 9.17) is 16.3 Å². The maximum Gasteiger partial charge on any atom is 0.333 e. The molecule has 2 aromatic rings. The Kier molecular flexibility index (Phi) is 3.79. The van der Waals surface area contributed by atoms with Crippen LogP contribution in [0.25, 0.3) is 11.2 Å². The Hall–Kier alpha value is -2.38. The van der Waals surface area contributed by atoms with Gasteiger partial charge in [-0.25, -0.2) is 9.78 Å². The van der Waals surface area contributed by atoms with Crippen LogP contribution in [0.1, 0.15) is 32.6 Å². The van der Waals surface area contributed by atoms with E-state index in [1.165, 1.54) is 6.33 Å². The highest BCUT2D eigenvalue weighted by atomic mass is 16.7. The van der Waals surface area contributed by atoms with E-state index in [9.17, 15) is 4.79 Å². The molecular formula is C11H16N6O2. The van der Waals surface area contributed by atoms with Crippen molar-refractivity contribution in [2.75, 3.05) is 11.5 Å². The average Bonchev–Trinajstić information content (AvgIpc) is 2.73. The summed E-state index contributed by atoms with van der Waals surface area (Å²) in [6.07, 6.45) is 4.50. The molecular weight excluding hydrogens is 248 g/mol. The molecule has 0 saturated carbocycles. The summed E-state index contributed by atoms with van der Waals surface area (Å²) in [6, 6.07) is 0. The lowest BCUT2D eigenvalue weighted by molar-refractivity contribution is -0.143. The van der Waals surface area contributed by atoms with Crippen molar-refractivity contribution in [2.24, 2.45) is 0 Å². The maximum atomic E-state index is 11.6. The average molecular weight is 264 g/mol. The van der Waals surface area contributed by atoms with E-state index in [2.05, 4.69) is 21.9 Å². The SMILES string of the molecule is CCCCCC(=O)On1cnc2c(N)nc(N)nc21. The zero-order valence-electron chi connectivity index (χ0n) is 10.7. The van der Waals surface area contributed by atoms with E-state index < -0.39 is 0 Å². The van der Waals surface area contributed by atoms with Gasteiger partial charge in [0.25, 0.3) is 0 Å². The number of unbranched alkanes of at least 4 members (excludes halogenated alkanes) is 2. The summed E-state index contributed by atoms with van der Waals surface area (Å²) in [5.41, 5.74) is 11.8. The van der Waals surface area contributed by atoms with Gasteiger partial charge in [-0.1, -0.05) is 19.8 Å². The summed E-state index contributed by atoms with van der Waals surface area (Å²) in [5.74, 6) is -0.180. The third-order valence-electron chi connectivity index (χ3n) is 2.59. The minimum atomic E-state index is -0.344. The van der Waals surface area contributed by atoms with Crippen molar-refractivity contribution in [3.63, 3.8) is 0 Å². The number of carbonyl (C=O) groups excluding carboxylic acids is 1. The van der Waals surface area contributed by atoms with Crippen molar-refractivity contribution < 1.29 is 9.63 Å². The van der Waals surface area contributed by atoms with Crippen LogP contribution < -0.4 is 16.3 Å². The standard InChI is InChI=1S/C11H16N6O2/c1-2-3-4-5-7(18)19-17-6-14-8-9(12)15-11(13)16-10(8)17/h6H,2-5H2,1H3,(H4,12,13,15,16). The number of hydrogen-bond donors (Lipinski definition) is 2. The van der Waals surface area contributed by atoms with Crippen LogP contribution >= 0.6 is 0 Å². The van der Waals surface area contributed by atoms with Gasteiger partial charge in [-0.2, -0.15) is 9.97 Å². The van der Waals surface area contributed by atoms with Crippen LogP contribution in [0.4, 0.5) is 11.8 Å². The predicted octanol–water partition coefficient (Wildman–Crippen LogP) is 0.526. The Labute approximate surface area is 109 Å². The number of aromatic nitrogens is 4. The van der Waals surface area contributed by atoms with Crippen molar-refractivity contribution in [1.29, 1.82) is 0 Å². The van der Waals surface area contributed by atoms with Gasteiger partial charge in [0.05, 0.1) is 0 Å². The number of imidazole rings is 1. The van der Waals surface area contributed by atoms with Crippen LogP contribution in [0.2, 0.25) is 0 Å². The number of fused-ring (bicyclic) bond motifs is 1. The van der Waals surface area contributed by atoms with Crippen LogP contribution in [0, 0.1) is 0 Å². The fourth-order valence-electron chi connectivity index (χ4n) is 1.66. The van der Waals surface area contributed by atoms with Gasteiger partial charge >= 0.3 is 5.97 Å². The first kappa shape index (κ1) is 13.1. The molecule has 2 heterocycles. The molecule has 102 valence electrons. The second-order valence-electron chi connectivity index (χ2n) is 4.13. The molecule has 0 fully saturated rings. The number of nitrogens with zero attached hydrogens (tertiary/aromatic N) is 4. The quantitative estimate of drug-likeness (QED) is 0.755. The van der Waals surface area contributed by atoms with Crippen LogP contribution in [0.5, 0.6) is 0 Å². The van der Waals surface area contributed by atoms with Crippen molar-refractivity contribution in [3.8, 4) is 0 Å².